The lowest BCUT2D eigenvalue weighted by atomic mass is 9.95. The van der Waals surface area contributed by atoms with Crippen LogP contribution in [0.3, 0.4) is 0 Å². The zero-order valence-electron chi connectivity index (χ0n) is 20.8. The third-order valence-corrected chi connectivity index (χ3v) is 7.55. The normalized spacial score (nSPS) is 18.2. The first-order valence-electron chi connectivity index (χ1n) is 12.4. The molecule has 182 valence electrons. The maximum Gasteiger partial charge on any atom is 0.309 e. The zero-order valence-corrected chi connectivity index (χ0v) is 20.8. The van der Waals surface area contributed by atoms with E-state index in [1.54, 1.807) is 7.11 Å². The van der Waals surface area contributed by atoms with Crippen molar-refractivity contribution in [2.24, 2.45) is 7.05 Å². The van der Waals surface area contributed by atoms with Gasteiger partial charge in [-0.3, -0.25) is 14.3 Å². The average molecular weight is 467 g/mol. The first-order valence-corrected chi connectivity index (χ1v) is 12.4. The highest BCUT2D eigenvalue weighted by Crippen LogP contribution is 2.32. The van der Waals surface area contributed by atoms with Crippen molar-refractivity contribution in [2.75, 3.05) is 39.2 Å². The summed E-state index contributed by atoms with van der Waals surface area (Å²) in [7, 11) is 7.85. The van der Waals surface area contributed by atoms with Crippen LogP contribution in [0.5, 0.6) is 5.88 Å². The highest BCUT2D eigenvalue weighted by Gasteiger charge is 2.28. The molecule has 1 N–H and O–H groups in total. The quantitative estimate of drug-likeness (QED) is 0.582. The largest absolute Gasteiger partial charge is 0.480 e. The molecule has 9 nitrogen and oxygen atoms in total. The number of methoxy groups -OCH3 is 1. The molecule has 0 aromatic carbocycles. The molecule has 4 heterocycles. The Balaban J connectivity index is 1.47. The number of anilines is 1. The maximum atomic E-state index is 13.2. The summed E-state index contributed by atoms with van der Waals surface area (Å²) in [6.45, 7) is 1.92. The van der Waals surface area contributed by atoms with Gasteiger partial charge in [0.1, 0.15) is 5.82 Å². The Morgan fingerprint density at radius 2 is 1.82 bits per heavy atom. The molecule has 0 spiro atoms. The number of nitrogens with one attached hydrogen (secondary N) is 1. The molecule has 1 aliphatic heterocycles. The van der Waals surface area contributed by atoms with Crippen molar-refractivity contribution in [3.8, 4) is 17.3 Å². The van der Waals surface area contributed by atoms with Gasteiger partial charge in [0.25, 0.3) is 5.56 Å². The number of H-pyrrole nitrogens is 1. The molecule has 3 aromatic heterocycles. The molecule has 0 bridgehead atoms. The Kier molecular flexibility index (Phi) is 6.29. The molecule has 0 unspecified atom stereocenters. The van der Waals surface area contributed by atoms with Gasteiger partial charge in [-0.2, -0.15) is 4.98 Å². The van der Waals surface area contributed by atoms with Crippen LogP contribution in [0.15, 0.2) is 23.3 Å². The lowest BCUT2D eigenvalue weighted by molar-refractivity contribution is -0.647. The molecule has 1 aliphatic carbocycles. The third-order valence-electron chi connectivity index (χ3n) is 7.55. The van der Waals surface area contributed by atoms with Crippen LogP contribution in [-0.2, 0) is 7.05 Å². The number of ether oxygens (including phenoxy) is 1. The summed E-state index contributed by atoms with van der Waals surface area (Å²) in [6.07, 6.45) is 10.1. The second-order valence-corrected chi connectivity index (χ2v) is 9.92. The van der Waals surface area contributed by atoms with E-state index in [0.717, 1.165) is 44.6 Å². The summed E-state index contributed by atoms with van der Waals surface area (Å²) in [4.78, 5) is 30.5. The van der Waals surface area contributed by atoms with Crippen LogP contribution in [0, 0.1) is 0 Å². The second kappa shape index (κ2) is 9.37. The summed E-state index contributed by atoms with van der Waals surface area (Å²) in [5.41, 5.74) is 1.90. The molecular formula is C25H36N7O2+. The molecule has 2 aliphatic rings. The van der Waals surface area contributed by atoms with Crippen LogP contribution in [-0.4, -0.2) is 64.8 Å². The minimum Gasteiger partial charge on any atom is -0.480 e. The first kappa shape index (κ1) is 22.8. The summed E-state index contributed by atoms with van der Waals surface area (Å²) >= 11 is 0. The molecule has 5 rings (SSSR count). The van der Waals surface area contributed by atoms with E-state index in [-0.39, 0.29) is 5.56 Å². The van der Waals surface area contributed by atoms with E-state index < -0.39 is 0 Å². The number of nitrogens with zero attached hydrogens (tertiary/aromatic N) is 6. The fraction of sp³-hybridized carbons (Fsp3) is 0.600. The smallest absolute Gasteiger partial charge is 0.309 e. The van der Waals surface area contributed by atoms with E-state index in [1.807, 2.05) is 30.1 Å². The Hall–Kier alpha value is -2.94. The maximum absolute atomic E-state index is 13.2. The molecule has 2 fully saturated rings. The fourth-order valence-corrected chi connectivity index (χ4v) is 5.55. The number of pyridine rings is 1. The van der Waals surface area contributed by atoms with E-state index in [1.165, 1.54) is 19.3 Å². The Bertz CT molecular complexity index is 1220. The van der Waals surface area contributed by atoms with E-state index in [4.69, 9.17) is 14.7 Å². The van der Waals surface area contributed by atoms with Crippen molar-refractivity contribution in [1.82, 2.24) is 24.4 Å². The Morgan fingerprint density at radius 3 is 2.50 bits per heavy atom. The van der Waals surface area contributed by atoms with Crippen molar-refractivity contribution in [2.45, 2.75) is 57.0 Å². The lowest BCUT2D eigenvalue weighted by Crippen LogP contribution is -2.42. The fourth-order valence-electron chi connectivity index (χ4n) is 5.55. The Morgan fingerprint density at radius 1 is 1.09 bits per heavy atom. The van der Waals surface area contributed by atoms with Crippen molar-refractivity contribution in [1.29, 1.82) is 0 Å². The van der Waals surface area contributed by atoms with Crippen LogP contribution in [0.1, 0.15) is 51.0 Å². The van der Waals surface area contributed by atoms with Gasteiger partial charge in [0, 0.05) is 19.1 Å². The minimum atomic E-state index is -0.122. The molecule has 1 saturated carbocycles. The minimum absolute atomic E-state index is 0.122. The van der Waals surface area contributed by atoms with Gasteiger partial charge in [-0.05, 0) is 64.8 Å². The Labute approximate surface area is 200 Å². The van der Waals surface area contributed by atoms with E-state index >= 15 is 0 Å². The van der Waals surface area contributed by atoms with Crippen LogP contribution >= 0.6 is 0 Å². The SMILES string of the molecule is COc1nc(N2CCC(N(C)C)CC2)ccc1-c1nc2c(c(=O)[nH]1)n(C1CCCCC1)c[n+]2C. The van der Waals surface area contributed by atoms with Gasteiger partial charge in [0.2, 0.25) is 17.2 Å². The van der Waals surface area contributed by atoms with Gasteiger partial charge in [0.05, 0.1) is 25.8 Å². The van der Waals surface area contributed by atoms with E-state index in [2.05, 4.69) is 33.4 Å². The van der Waals surface area contributed by atoms with Crippen molar-refractivity contribution >= 4 is 17.0 Å². The number of aromatic nitrogens is 5. The standard InChI is InChI=1S/C25H35N7O2/c1-29(2)17-12-14-31(15-13-17)20-11-10-19(25(26-20)34-4)22-27-23-21(24(33)28-22)32(16-30(23)3)18-8-6-5-7-9-18/h10-11,16-18H,5-9,12-15H2,1-4H3/p+1. The predicted octanol–water partition coefficient (Wildman–Crippen LogP) is 2.66. The molecule has 0 atom stereocenters. The predicted molar refractivity (Wildman–Crippen MR) is 132 cm³/mol. The van der Waals surface area contributed by atoms with Gasteiger partial charge < -0.3 is 14.5 Å². The number of piperidine rings is 1. The number of aryl methyl sites for hydroxylation is 1. The number of fused-ring (bicyclic) bond motifs is 1. The first-order chi connectivity index (χ1) is 16.5. The third kappa shape index (κ3) is 4.17. The summed E-state index contributed by atoms with van der Waals surface area (Å²) < 4.78 is 9.73. The van der Waals surface area contributed by atoms with Crippen molar-refractivity contribution < 1.29 is 9.30 Å². The molecule has 0 radical (unpaired) electrons. The molecule has 9 heteroatoms. The molecule has 34 heavy (non-hydrogen) atoms. The van der Waals surface area contributed by atoms with Gasteiger partial charge in [-0.1, -0.05) is 11.4 Å². The van der Waals surface area contributed by atoms with Gasteiger partial charge in [-0.15, -0.1) is 0 Å². The lowest BCUT2D eigenvalue weighted by Gasteiger charge is -2.35. The monoisotopic (exact) mass is 466 g/mol. The van der Waals surface area contributed by atoms with E-state index in [0.29, 0.717) is 40.5 Å². The highest BCUT2D eigenvalue weighted by molar-refractivity contribution is 5.72. The summed E-state index contributed by atoms with van der Waals surface area (Å²) in [5.74, 6) is 1.86. The van der Waals surface area contributed by atoms with Crippen molar-refractivity contribution in [3.05, 3.63) is 28.8 Å². The molecule has 0 amide bonds. The number of aromatic amines is 1. The van der Waals surface area contributed by atoms with Crippen molar-refractivity contribution in [3.63, 3.8) is 0 Å². The zero-order chi connectivity index (χ0) is 23.8. The molecule has 3 aromatic rings. The number of hydrogen-bond acceptors (Lipinski definition) is 6. The number of imidazole rings is 1. The molecule has 1 saturated heterocycles. The summed E-state index contributed by atoms with van der Waals surface area (Å²) in [6, 6.07) is 4.94. The van der Waals surface area contributed by atoms with Gasteiger partial charge >= 0.3 is 5.65 Å². The topological polar surface area (TPSA) is 83.2 Å². The van der Waals surface area contributed by atoms with Crippen LogP contribution < -0.4 is 19.8 Å². The van der Waals surface area contributed by atoms with Gasteiger partial charge in [-0.25, -0.2) is 4.57 Å². The summed E-state index contributed by atoms with van der Waals surface area (Å²) in [5, 5.41) is 0. The number of hydrogen-bond donors (Lipinski definition) is 1. The van der Waals surface area contributed by atoms with Crippen LogP contribution in [0.25, 0.3) is 22.6 Å². The van der Waals surface area contributed by atoms with Crippen LogP contribution in [0.4, 0.5) is 5.82 Å². The second-order valence-electron chi connectivity index (χ2n) is 9.92. The highest BCUT2D eigenvalue weighted by atomic mass is 16.5. The van der Waals surface area contributed by atoms with E-state index in [9.17, 15) is 4.79 Å². The van der Waals surface area contributed by atoms with Gasteiger partial charge in [0.15, 0.2) is 6.33 Å². The molecular weight excluding hydrogens is 430 g/mol. The van der Waals surface area contributed by atoms with Crippen LogP contribution in [0.2, 0.25) is 0 Å². The number of rotatable bonds is 5. The average Bonchev–Trinajstić information content (AvgIpc) is 3.21.